The van der Waals surface area contributed by atoms with Gasteiger partial charge in [0.25, 0.3) is 0 Å². The highest BCUT2D eigenvalue weighted by atomic mass is 16.5. The molecule has 0 aromatic heterocycles. The Morgan fingerprint density at radius 3 is 2.32 bits per heavy atom. The number of Topliss-reactive ketones (excluding diaryl/α,β-unsaturated/α-hetero) is 1. The third-order valence-corrected chi connectivity index (χ3v) is 3.41. The molecule has 0 aliphatic rings. The number of anilines is 1. The highest BCUT2D eigenvalue weighted by Crippen LogP contribution is 2.22. The SMILES string of the molecule is CCC(=O)c1cc(NC(C)(C)CCOC)cc(C(=O)OC)c1. The summed E-state index contributed by atoms with van der Waals surface area (Å²) in [6.07, 6.45) is 1.18. The van der Waals surface area contributed by atoms with Gasteiger partial charge >= 0.3 is 5.97 Å². The highest BCUT2D eigenvalue weighted by Gasteiger charge is 2.19. The number of methoxy groups -OCH3 is 2. The molecule has 0 saturated carbocycles. The van der Waals surface area contributed by atoms with Gasteiger partial charge < -0.3 is 14.8 Å². The van der Waals surface area contributed by atoms with Crippen LogP contribution in [0.15, 0.2) is 18.2 Å². The normalized spacial score (nSPS) is 11.1. The molecule has 0 unspecified atom stereocenters. The molecule has 0 atom stereocenters. The van der Waals surface area contributed by atoms with E-state index in [2.05, 4.69) is 5.32 Å². The highest BCUT2D eigenvalue weighted by molar-refractivity contribution is 6.00. The van der Waals surface area contributed by atoms with E-state index in [0.717, 1.165) is 12.1 Å². The number of carbonyl (C=O) groups excluding carboxylic acids is 2. The van der Waals surface area contributed by atoms with Gasteiger partial charge in [0.1, 0.15) is 0 Å². The molecule has 1 N–H and O–H groups in total. The van der Waals surface area contributed by atoms with E-state index in [1.165, 1.54) is 7.11 Å². The van der Waals surface area contributed by atoms with Gasteiger partial charge in [0, 0.05) is 36.9 Å². The first-order chi connectivity index (χ1) is 10.3. The molecule has 1 aromatic carbocycles. The monoisotopic (exact) mass is 307 g/mol. The molecular weight excluding hydrogens is 282 g/mol. The van der Waals surface area contributed by atoms with Crippen molar-refractivity contribution >= 4 is 17.4 Å². The molecule has 0 saturated heterocycles. The molecule has 0 fully saturated rings. The number of benzene rings is 1. The first-order valence-electron chi connectivity index (χ1n) is 7.36. The Bertz CT molecular complexity index is 503. The maximum atomic E-state index is 12.0. The van der Waals surface area contributed by atoms with Crippen LogP contribution < -0.4 is 5.32 Å². The molecule has 5 nitrogen and oxygen atoms in total. The number of ketones is 1. The second-order valence-electron chi connectivity index (χ2n) is 5.82. The van der Waals surface area contributed by atoms with Crippen LogP contribution in [0.1, 0.15) is 54.3 Å². The van der Waals surface area contributed by atoms with Gasteiger partial charge in [-0.05, 0) is 38.5 Å². The fourth-order valence-corrected chi connectivity index (χ4v) is 2.11. The van der Waals surface area contributed by atoms with Crippen LogP contribution in [0.5, 0.6) is 0 Å². The van der Waals surface area contributed by atoms with Crippen LogP contribution in [0.2, 0.25) is 0 Å². The summed E-state index contributed by atoms with van der Waals surface area (Å²) in [7, 11) is 2.98. The third-order valence-electron chi connectivity index (χ3n) is 3.41. The van der Waals surface area contributed by atoms with Gasteiger partial charge in [-0.15, -0.1) is 0 Å². The zero-order valence-electron chi connectivity index (χ0n) is 14.0. The summed E-state index contributed by atoms with van der Waals surface area (Å²) in [5, 5.41) is 3.35. The van der Waals surface area contributed by atoms with Gasteiger partial charge in [-0.3, -0.25) is 4.79 Å². The van der Waals surface area contributed by atoms with Crippen molar-refractivity contribution < 1.29 is 19.1 Å². The Morgan fingerprint density at radius 2 is 1.77 bits per heavy atom. The Morgan fingerprint density at radius 1 is 1.14 bits per heavy atom. The molecule has 0 bridgehead atoms. The number of nitrogens with one attached hydrogen (secondary N) is 1. The molecule has 122 valence electrons. The van der Waals surface area contributed by atoms with Gasteiger partial charge in [-0.2, -0.15) is 0 Å². The van der Waals surface area contributed by atoms with Crippen molar-refractivity contribution in [2.75, 3.05) is 26.1 Å². The average Bonchev–Trinajstić information content (AvgIpc) is 2.50. The molecule has 0 amide bonds. The molecule has 0 radical (unpaired) electrons. The maximum absolute atomic E-state index is 12.0. The lowest BCUT2D eigenvalue weighted by molar-refractivity contribution is 0.0600. The van der Waals surface area contributed by atoms with Crippen molar-refractivity contribution in [3.8, 4) is 0 Å². The Labute approximate surface area is 132 Å². The molecule has 1 aromatic rings. The Hall–Kier alpha value is -1.88. The standard InChI is InChI=1S/C17H25NO4/c1-6-15(19)12-9-13(16(20)22-5)11-14(10-12)18-17(2,3)7-8-21-4/h9-11,18H,6-8H2,1-5H3. The van der Waals surface area contributed by atoms with Crippen LogP contribution in [-0.2, 0) is 9.47 Å². The van der Waals surface area contributed by atoms with E-state index in [-0.39, 0.29) is 11.3 Å². The summed E-state index contributed by atoms with van der Waals surface area (Å²) in [6.45, 7) is 6.50. The fourth-order valence-electron chi connectivity index (χ4n) is 2.11. The molecular formula is C17H25NO4. The molecule has 0 aliphatic carbocycles. The second kappa shape index (κ2) is 7.94. The van der Waals surface area contributed by atoms with Gasteiger partial charge in [0.2, 0.25) is 0 Å². The largest absolute Gasteiger partial charge is 0.465 e. The lowest BCUT2D eigenvalue weighted by atomic mass is 9.99. The van der Waals surface area contributed by atoms with Crippen molar-refractivity contribution in [2.24, 2.45) is 0 Å². The molecule has 5 heteroatoms. The zero-order chi connectivity index (χ0) is 16.8. The van der Waals surface area contributed by atoms with Crippen LogP contribution >= 0.6 is 0 Å². The minimum Gasteiger partial charge on any atom is -0.465 e. The Kier molecular flexibility index (Phi) is 6.56. The molecule has 0 spiro atoms. The van der Waals surface area contributed by atoms with E-state index >= 15 is 0 Å². The number of rotatable bonds is 8. The summed E-state index contributed by atoms with van der Waals surface area (Å²) >= 11 is 0. The predicted molar refractivity (Wildman–Crippen MR) is 86.6 cm³/mol. The van der Waals surface area contributed by atoms with E-state index < -0.39 is 5.97 Å². The van der Waals surface area contributed by atoms with E-state index in [1.54, 1.807) is 32.2 Å². The van der Waals surface area contributed by atoms with Crippen molar-refractivity contribution in [1.29, 1.82) is 0 Å². The third kappa shape index (κ3) is 5.15. The average molecular weight is 307 g/mol. The van der Waals surface area contributed by atoms with Gasteiger partial charge in [0.05, 0.1) is 12.7 Å². The minimum atomic E-state index is -0.455. The van der Waals surface area contributed by atoms with Crippen LogP contribution in [0, 0.1) is 0 Å². The lowest BCUT2D eigenvalue weighted by Crippen LogP contribution is -2.32. The number of ether oxygens (including phenoxy) is 2. The topological polar surface area (TPSA) is 64.6 Å². The van der Waals surface area contributed by atoms with Crippen molar-refractivity contribution in [2.45, 2.75) is 39.2 Å². The number of hydrogen-bond acceptors (Lipinski definition) is 5. The molecule has 0 heterocycles. The van der Waals surface area contributed by atoms with E-state index in [9.17, 15) is 9.59 Å². The van der Waals surface area contributed by atoms with E-state index in [0.29, 0.717) is 24.2 Å². The predicted octanol–water partition coefficient (Wildman–Crippen LogP) is 3.29. The number of carbonyl (C=O) groups is 2. The summed E-state index contributed by atoms with van der Waals surface area (Å²) < 4.78 is 9.86. The maximum Gasteiger partial charge on any atom is 0.337 e. The summed E-state index contributed by atoms with van der Waals surface area (Å²) in [5.41, 5.74) is 1.38. The summed E-state index contributed by atoms with van der Waals surface area (Å²) in [6, 6.07) is 5.05. The minimum absolute atomic E-state index is 0.0106. The first-order valence-corrected chi connectivity index (χ1v) is 7.36. The van der Waals surface area contributed by atoms with Gasteiger partial charge in [-0.25, -0.2) is 4.79 Å². The van der Waals surface area contributed by atoms with Crippen molar-refractivity contribution in [1.82, 2.24) is 0 Å². The molecule has 1 rings (SSSR count). The van der Waals surface area contributed by atoms with E-state index in [4.69, 9.17) is 9.47 Å². The van der Waals surface area contributed by atoms with Crippen molar-refractivity contribution in [3.05, 3.63) is 29.3 Å². The molecule has 0 aliphatic heterocycles. The molecule has 22 heavy (non-hydrogen) atoms. The number of hydrogen-bond donors (Lipinski definition) is 1. The Balaban J connectivity index is 3.12. The lowest BCUT2D eigenvalue weighted by Gasteiger charge is -2.27. The van der Waals surface area contributed by atoms with Crippen molar-refractivity contribution in [3.63, 3.8) is 0 Å². The van der Waals surface area contributed by atoms with Crippen LogP contribution in [0.3, 0.4) is 0 Å². The van der Waals surface area contributed by atoms with Crippen LogP contribution in [0.25, 0.3) is 0 Å². The number of esters is 1. The quantitative estimate of drug-likeness (QED) is 0.590. The van der Waals surface area contributed by atoms with Crippen LogP contribution in [-0.4, -0.2) is 38.1 Å². The zero-order valence-corrected chi connectivity index (χ0v) is 14.0. The first kappa shape index (κ1) is 18.2. The smallest absolute Gasteiger partial charge is 0.337 e. The summed E-state index contributed by atoms with van der Waals surface area (Å²) in [5.74, 6) is -0.466. The summed E-state index contributed by atoms with van der Waals surface area (Å²) in [4.78, 5) is 23.8. The second-order valence-corrected chi connectivity index (χ2v) is 5.82. The van der Waals surface area contributed by atoms with Gasteiger partial charge in [0.15, 0.2) is 5.78 Å². The van der Waals surface area contributed by atoms with E-state index in [1.807, 2.05) is 13.8 Å². The van der Waals surface area contributed by atoms with Crippen LogP contribution in [0.4, 0.5) is 5.69 Å². The van der Waals surface area contributed by atoms with Gasteiger partial charge in [-0.1, -0.05) is 6.92 Å². The fraction of sp³-hybridized carbons (Fsp3) is 0.529.